The maximum absolute atomic E-state index is 5.71. The van der Waals surface area contributed by atoms with Gasteiger partial charge in [0, 0.05) is 31.4 Å². The maximum atomic E-state index is 5.71. The van der Waals surface area contributed by atoms with E-state index in [0.717, 1.165) is 17.3 Å². The Labute approximate surface area is 113 Å². The van der Waals surface area contributed by atoms with Crippen molar-refractivity contribution < 1.29 is 0 Å². The van der Waals surface area contributed by atoms with Crippen LogP contribution < -0.4 is 16.0 Å². The lowest BCUT2D eigenvalue weighted by atomic mass is 10.3. The number of aromatic nitrogens is 2. The van der Waals surface area contributed by atoms with Crippen molar-refractivity contribution in [3.63, 3.8) is 0 Å². The minimum Gasteiger partial charge on any atom is -0.368 e. The van der Waals surface area contributed by atoms with E-state index in [1.807, 2.05) is 55.3 Å². The number of hydrogen-bond acceptors (Lipinski definition) is 5. The molecule has 1 aromatic carbocycles. The van der Waals surface area contributed by atoms with E-state index in [4.69, 9.17) is 5.73 Å². The lowest BCUT2D eigenvalue weighted by Gasteiger charge is -2.18. The van der Waals surface area contributed by atoms with Crippen LogP contribution in [0.3, 0.4) is 0 Å². The Hall–Kier alpha value is -2.14. The predicted octanol–water partition coefficient (Wildman–Crippen LogP) is 2.00. The van der Waals surface area contributed by atoms with E-state index < -0.39 is 0 Å². The zero-order valence-electron chi connectivity index (χ0n) is 11.2. The molecule has 1 heterocycles. The van der Waals surface area contributed by atoms with Crippen LogP contribution in [-0.4, -0.2) is 29.6 Å². The van der Waals surface area contributed by atoms with Gasteiger partial charge in [-0.2, -0.15) is 0 Å². The second-order valence-corrected chi connectivity index (χ2v) is 4.51. The Kier molecular flexibility index (Phi) is 4.30. The fourth-order valence-electron chi connectivity index (χ4n) is 1.68. The Morgan fingerprint density at radius 3 is 2.68 bits per heavy atom. The molecule has 100 valence electrons. The average Bonchev–Trinajstić information content (AvgIpc) is 2.45. The van der Waals surface area contributed by atoms with Crippen LogP contribution in [0.5, 0.6) is 0 Å². The third-order valence-corrected chi connectivity index (χ3v) is 2.74. The van der Waals surface area contributed by atoms with Gasteiger partial charge in [0.15, 0.2) is 0 Å². The summed E-state index contributed by atoms with van der Waals surface area (Å²) in [5, 5.41) is 3.19. The molecular weight excluding hydrogens is 238 g/mol. The molecule has 19 heavy (non-hydrogen) atoms. The Morgan fingerprint density at radius 1 is 1.26 bits per heavy atom. The van der Waals surface area contributed by atoms with Gasteiger partial charge in [-0.05, 0) is 19.1 Å². The van der Waals surface area contributed by atoms with Gasteiger partial charge in [-0.3, -0.25) is 0 Å². The Bertz CT molecular complexity index is 512. The molecule has 5 nitrogen and oxygen atoms in total. The summed E-state index contributed by atoms with van der Waals surface area (Å²) in [4.78, 5) is 10.5. The first-order chi connectivity index (χ1) is 9.16. The summed E-state index contributed by atoms with van der Waals surface area (Å²) in [6.07, 6.45) is 1.55. The van der Waals surface area contributed by atoms with E-state index in [0.29, 0.717) is 6.54 Å². The van der Waals surface area contributed by atoms with Gasteiger partial charge in [0.05, 0.1) is 0 Å². The van der Waals surface area contributed by atoms with Crippen molar-refractivity contribution in [1.29, 1.82) is 0 Å². The second-order valence-electron chi connectivity index (χ2n) is 4.51. The molecule has 1 aromatic heterocycles. The highest BCUT2D eigenvalue weighted by atomic mass is 15.2. The summed E-state index contributed by atoms with van der Waals surface area (Å²) in [6, 6.07) is 12.1. The van der Waals surface area contributed by atoms with Gasteiger partial charge in [0.1, 0.15) is 18.0 Å². The fourth-order valence-corrected chi connectivity index (χ4v) is 1.68. The largest absolute Gasteiger partial charge is 0.368 e. The lowest BCUT2D eigenvalue weighted by molar-refractivity contribution is 0.777. The third kappa shape index (κ3) is 3.66. The molecule has 0 saturated carbocycles. The van der Waals surface area contributed by atoms with Gasteiger partial charge < -0.3 is 16.0 Å². The van der Waals surface area contributed by atoms with Crippen molar-refractivity contribution in [3.8, 4) is 0 Å². The summed E-state index contributed by atoms with van der Waals surface area (Å²) in [7, 11) is 1.98. The van der Waals surface area contributed by atoms with E-state index in [1.165, 1.54) is 0 Å². The van der Waals surface area contributed by atoms with Crippen molar-refractivity contribution in [2.24, 2.45) is 5.73 Å². The van der Waals surface area contributed by atoms with Crippen LogP contribution in [0, 0.1) is 0 Å². The fraction of sp³-hybridized carbons (Fsp3) is 0.286. The number of nitrogens with two attached hydrogens (primary N) is 1. The molecule has 0 aliphatic rings. The van der Waals surface area contributed by atoms with E-state index in [1.54, 1.807) is 6.33 Å². The summed E-state index contributed by atoms with van der Waals surface area (Å²) in [6.45, 7) is 2.64. The number of benzene rings is 1. The number of nitrogens with zero attached hydrogens (tertiary/aromatic N) is 3. The highest BCUT2D eigenvalue weighted by molar-refractivity contribution is 5.61. The molecule has 0 fully saturated rings. The SMILES string of the molecule is CC(N)CNc1cc(N(C)c2ccccc2)ncn1. The molecule has 0 radical (unpaired) electrons. The molecule has 2 rings (SSSR count). The first kappa shape index (κ1) is 13.3. The molecule has 0 spiro atoms. The molecule has 5 heteroatoms. The molecule has 0 bridgehead atoms. The van der Waals surface area contributed by atoms with Gasteiger partial charge in [-0.25, -0.2) is 9.97 Å². The van der Waals surface area contributed by atoms with Crippen molar-refractivity contribution in [1.82, 2.24) is 9.97 Å². The van der Waals surface area contributed by atoms with Gasteiger partial charge in [0.2, 0.25) is 0 Å². The van der Waals surface area contributed by atoms with Crippen molar-refractivity contribution in [2.45, 2.75) is 13.0 Å². The summed E-state index contributed by atoms with van der Waals surface area (Å²) in [5.41, 5.74) is 6.80. The van der Waals surface area contributed by atoms with Gasteiger partial charge >= 0.3 is 0 Å². The molecule has 3 N–H and O–H groups in total. The predicted molar refractivity (Wildman–Crippen MR) is 78.7 cm³/mol. The quantitative estimate of drug-likeness (QED) is 0.857. The second kappa shape index (κ2) is 6.15. The molecule has 0 aliphatic carbocycles. The minimum atomic E-state index is 0.0882. The van der Waals surface area contributed by atoms with Crippen LogP contribution >= 0.6 is 0 Å². The van der Waals surface area contributed by atoms with Crippen LogP contribution in [0.15, 0.2) is 42.7 Å². The molecule has 2 aromatic rings. The standard InChI is InChI=1S/C14H19N5/c1-11(15)9-16-13-8-14(18-10-17-13)19(2)12-6-4-3-5-7-12/h3-8,10-11H,9,15H2,1-2H3,(H,16,17,18). The Balaban J connectivity index is 2.14. The highest BCUT2D eigenvalue weighted by Gasteiger charge is 2.06. The van der Waals surface area contributed by atoms with E-state index in [-0.39, 0.29) is 6.04 Å². The number of rotatable bonds is 5. The molecule has 0 saturated heterocycles. The average molecular weight is 257 g/mol. The molecule has 0 aliphatic heterocycles. The van der Waals surface area contributed by atoms with Crippen LogP contribution in [0.4, 0.5) is 17.3 Å². The number of para-hydroxylation sites is 1. The normalized spacial score (nSPS) is 11.9. The zero-order valence-corrected chi connectivity index (χ0v) is 11.2. The third-order valence-electron chi connectivity index (χ3n) is 2.74. The first-order valence-electron chi connectivity index (χ1n) is 6.27. The summed E-state index contributed by atoms with van der Waals surface area (Å²) < 4.78 is 0. The smallest absolute Gasteiger partial charge is 0.138 e. The Morgan fingerprint density at radius 2 is 2.00 bits per heavy atom. The van der Waals surface area contributed by atoms with Crippen molar-refractivity contribution in [2.75, 3.05) is 23.8 Å². The molecule has 1 unspecified atom stereocenters. The van der Waals surface area contributed by atoms with Gasteiger partial charge in [-0.1, -0.05) is 18.2 Å². The lowest BCUT2D eigenvalue weighted by Crippen LogP contribution is -2.25. The van der Waals surface area contributed by atoms with Crippen LogP contribution in [0.25, 0.3) is 0 Å². The number of hydrogen-bond donors (Lipinski definition) is 2. The number of nitrogens with one attached hydrogen (secondary N) is 1. The number of anilines is 3. The van der Waals surface area contributed by atoms with Gasteiger partial charge in [0.25, 0.3) is 0 Å². The first-order valence-corrected chi connectivity index (χ1v) is 6.27. The molecule has 1 atom stereocenters. The van der Waals surface area contributed by atoms with Crippen LogP contribution in [0.1, 0.15) is 6.92 Å². The minimum absolute atomic E-state index is 0.0882. The van der Waals surface area contributed by atoms with Crippen molar-refractivity contribution >= 4 is 17.3 Å². The van der Waals surface area contributed by atoms with Crippen LogP contribution in [0.2, 0.25) is 0 Å². The molecule has 0 amide bonds. The van der Waals surface area contributed by atoms with E-state index in [9.17, 15) is 0 Å². The maximum Gasteiger partial charge on any atom is 0.138 e. The van der Waals surface area contributed by atoms with Crippen molar-refractivity contribution in [3.05, 3.63) is 42.7 Å². The summed E-state index contributed by atoms with van der Waals surface area (Å²) in [5.74, 6) is 1.62. The van der Waals surface area contributed by atoms with E-state index in [2.05, 4.69) is 15.3 Å². The zero-order chi connectivity index (χ0) is 13.7. The topological polar surface area (TPSA) is 67.1 Å². The highest BCUT2D eigenvalue weighted by Crippen LogP contribution is 2.21. The van der Waals surface area contributed by atoms with E-state index >= 15 is 0 Å². The monoisotopic (exact) mass is 257 g/mol. The summed E-state index contributed by atoms with van der Waals surface area (Å²) >= 11 is 0. The van der Waals surface area contributed by atoms with Crippen LogP contribution in [-0.2, 0) is 0 Å². The molecular formula is C14H19N5. The van der Waals surface area contributed by atoms with Gasteiger partial charge in [-0.15, -0.1) is 0 Å².